The first kappa shape index (κ1) is 21.0. The highest BCUT2D eigenvalue weighted by atomic mass is 35.5. The number of carbonyl (C=O) groups is 1. The lowest BCUT2D eigenvalue weighted by Gasteiger charge is -2.18. The van der Waals surface area contributed by atoms with Gasteiger partial charge < -0.3 is 5.32 Å². The lowest BCUT2D eigenvalue weighted by molar-refractivity contribution is 0.0923. The summed E-state index contributed by atoms with van der Waals surface area (Å²) >= 11 is 6.00. The maximum absolute atomic E-state index is 14.5. The normalized spacial score (nSPS) is 12.3. The first-order valence-corrected chi connectivity index (χ1v) is 10.4. The Hall–Kier alpha value is -3.25. The zero-order chi connectivity index (χ0) is 22.1. The minimum Gasteiger partial charge on any atom is -0.348 e. The number of hydrogen-bond donors (Lipinski definition) is 1. The van der Waals surface area contributed by atoms with Crippen LogP contribution in [-0.2, 0) is 0 Å². The monoisotopic (exact) mass is 436 g/mol. The summed E-state index contributed by atoms with van der Waals surface area (Å²) in [6, 6.07) is 16.9. The lowest BCUT2D eigenvalue weighted by Crippen LogP contribution is -2.37. The Morgan fingerprint density at radius 2 is 1.74 bits per heavy atom. The minimum atomic E-state index is -0.404. The van der Waals surface area contributed by atoms with Gasteiger partial charge in [-0.2, -0.15) is 5.10 Å². The second kappa shape index (κ2) is 8.47. The third kappa shape index (κ3) is 4.30. The number of rotatable bonds is 5. The lowest BCUT2D eigenvalue weighted by atomic mass is 10.1. The van der Waals surface area contributed by atoms with Crippen LogP contribution in [0.25, 0.3) is 28.2 Å². The largest absolute Gasteiger partial charge is 0.348 e. The highest BCUT2D eigenvalue weighted by molar-refractivity contribution is 6.30. The van der Waals surface area contributed by atoms with Crippen molar-refractivity contribution >= 4 is 23.2 Å². The van der Waals surface area contributed by atoms with Crippen molar-refractivity contribution in [3.05, 3.63) is 77.2 Å². The van der Waals surface area contributed by atoms with E-state index in [9.17, 15) is 9.18 Å². The number of nitrogens with zero attached hydrogens (tertiary/aromatic N) is 3. The molecule has 1 amide bonds. The van der Waals surface area contributed by atoms with Crippen LogP contribution in [0.5, 0.6) is 0 Å². The molecule has 4 aromatic rings. The summed E-state index contributed by atoms with van der Waals surface area (Å²) < 4.78 is 16.0. The Labute approximate surface area is 184 Å². The van der Waals surface area contributed by atoms with Crippen LogP contribution < -0.4 is 5.32 Å². The first-order valence-electron chi connectivity index (χ1n) is 10.1. The molecule has 0 radical (unpaired) electrons. The second-order valence-electron chi connectivity index (χ2n) is 7.82. The quantitative estimate of drug-likeness (QED) is 0.441. The van der Waals surface area contributed by atoms with Gasteiger partial charge in [-0.05, 0) is 43.2 Å². The van der Waals surface area contributed by atoms with E-state index in [1.54, 1.807) is 42.5 Å². The number of benzene rings is 2. The van der Waals surface area contributed by atoms with E-state index in [1.807, 2.05) is 32.9 Å². The van der Waals surface area contributed by atoms with E-state index in [2.05, 4.69) is 15.4 Å². The molecular weight excluding hydrogens is 415 g/mol. The van der Waals surface area contributed by atoms with Crippen LogP contribution in [0, 0.1) is 11.7 Å². The maximum Gasteiger partial charge on any atom is 0.270 e. The molecule has 158 valence electrons. The molecule has 0 aliphatic heterocycles. The van der Waals surface area contributed by atoms with Crippen molar-refractivity contribution in [3.8, 4) is 22.5 Å². The fraction of sp³-hybridized carbons (Fsp3) is 0.208. The number of aromatic nitrogens is 3. The van der Waals surface area contributed by atoms with E-state index in [0.29, 0.717) is 27.6 Å². The molecule has 1 atom stereocenters. The standard InChI is InChI=1S/C24H22ClFN4O/c1-14(2)15(3)27-24(31)22-12-21(18-6-4-5-7-19(18)26)28-23-13-20(29-30(22)23)16-8-10-17(25)11-9-16/h4-15H,1-3H3,(H,27,31). The van der Waals surface area contributed by atoms with E-state index >= 15 is 0 Å². The average molecular weight is 437 g/mol. The molecule has 4 rings (SSSR count). The van der Waals surface area contributed by atoms with Gasteiger partial charge in [0.2, 0.25) is 0 Å². The van der Waals surface area contributed by atoms with Crippen molar-refractivity contribution in [1.82, 2.24) is 19.9 Å². The van der Waals surface area contributed by atoms with Crippen molar-refractivity contribution in [2.45, 2.75) is 26.8 Å². The fourth-order valence-electron chi connectivity index (χ4n) is 3.15. The second-order valence-corrected chi connectivity index (χ2v) is 8.26. The zero-order valence-electron chi connectivity index (χ0n) is 17.4. The predicted octanol–water partition coefficient (Wildman–Crippen LogP) is 5.63. The summed E-state index contributed by atoms with van der Waals surface area (Å²) in [7, 11) is 0. The maximum atomic E-state index is 14.5. The van der Waals surface area contributed by atoms with E-state index in [4.69, 9.17) is 11.6 Å². The van der Waals surface area contributed by atoms with E-state index in [-0.39, 0.29) is 23.6 Å². The molecule has 2 aromatic carbocycles. The van der Waals surface area contributed by atoms with Gasteiger partial charge in [-0.3, -0.25) is 4.79 Å². The van der Waals surface area contributed by atoms with Crippen LogP contribution in [-0.4, -0.2) is 26.5 Å². The first-order chi connectivity index (χ1) is 14.8. The van der Waals surface area contributed by atoms with Crippen LogP contribution >= 0.6 is 11.6 Å². The number of amides is 1. The van der Waals surface area contributed by atoms with Crippen molar-refractivity contribution < 1.29 is 9.18 Å². The molecule has 31 heavy (non-hydrogen) atoms. The molecule has 0 spiro atoms. The Bertz CT molecular complexity index is 1250. The third-order valence-electron chi connectivity index (χ3n) is 5.31. The summed E-state index contributed by atoms with van der Waals surface area (Å²) in [6.07, 6.45) is 0. The minimum absolute atomic E-state index is 0.0427. The van der Waals surface area contributed by atoms with Crippen molar-refractivity contribution in [1.29, 1.82) is 0 Å². The van der Waals surface area contributed by atoms with Gasteiger partial charge in [-0.1, -0.05) is 49.7 Å². The predicted molar refractivity (Wildman–Crippen MR) is 121 cm³/mol. The number of hydrogen-bond acceptors (Lipinski definition) is 3. The zero-order valence-corrected chi connectivity index (χ0v) is 18.2. The molecule has 5 nitrogen and oxygen atoms in total. The third-order valence-corrected chi connectivity index (χ3v) is 5.56. The molecule has 1 N–H and O–H groups in total. The van der Waals surface area contributed by atoms with E-state index in [1.165, 1.54) is 10.6 Å². The Morgan fingerprint density at radius 1 is 1.03 bits per heavy atom. The fourth-order valence-corrected chi connectivity index (χ4v) is 3.28. The molecule has 0 saturated carbocycles. The summed E-state index contributed by atoms with van der Waals surface area (Å²) in [5.74, 6) is -0.440. The molecular formula is C24H22ClFN4O. The van der Waals surface area contributed by atoms with Crippen LogP contribution in [0.15, 0.2) is 60.7 Å². The highest BCUT2D eigenvalue weighted by Crippen LogP contribution is 2.26. The van der Waals surface area contributed by atoms with Crippen LogP contribution in [0.4, 0.5) is 4.39 Å². The molecule has 0 fully saturated rings. The number of carbonyl (C=O) groups excluding carboxylic acids is 1. The smallest absolute Gasteiger partial charge is 0.270 e. The van der Waals surface area contributed by atoms with Gasteiger partial charge in [0.15, 0.2) is 5.65 Å². The average Bonchev–Trinajstić information content (AvgIpc) is 3.17. The van der Waals surface area contributed by atoms with Crippen molar-refractivity contribution in [3.63, 3.8) is 0 Å². The van der Waals surface area contributed by atoms with Gasteiger partial charge in [0.05, 0.1) is 11.4 Å². The molecule has 2 aromatic heterocycles. The van der Waals surface area contributed by atoms with Gasteiger partial charge in [-0.25, -0.2) is 13.9 Å². The van der Waals surface area contributed by atoms with E-state index in [0.717, 1.165) is 5.56 Å². The van der Waals surface area contributed by atoms with Gasteiger partial charge >= 0.3 is 0 Å². The van der Waals surface area contributed by atoms with Crippen LogP contribution in [0.2, 0.25) is 5.02 Å². The summed E-state index contributed by atoms with van der Waals surface area (Å²) in [6.45, 7) is 6.01. The van der Waals surface area contributed by atoms with Gasteiger partial charge in [0, 0.05) is 28.3 Å². The summed E-state index contributed by atoms with van der Waals surface area (Å²) in [5, 5.41) is 8.22. The molecule has 7 heteroatoms. The summed E-state index contributed by atoms with van der Waals surface area (Å²) in [4.78, 5) is 17.7. The van der Waals surface area contributed by atoms with Crippen molar-refractivity contribution in [2.24, 2.45) is 5.92 Å². The Morgan fingerprint density at radius 3 is 2.42 bits per heavy atom. The van der Waals surface area contributed by atoms with Crippen molar-refractivity contribution in [2.75, 3.05) is 0 Å². The Kier molecular flexibility index (Phi) is 5.74. The molecule has 0 aliphatic carbocycles. The number of nitrogens with one attached hydrogen (secondary N) is 1. The SMILES string of the molecule is CC(C)C(C)NC(=O)c1cc(-c2ccccc2F)nc2cc(-c3ccc(Cl)cc3)nn12. The van der Waals surface area contributed by atoms with Crippen LogP contribution in [0.3, 0.4) is 0 Å². The van der Waals surface area contributed by atoms with Gasteiger partial charge in [-0.15, -0.1) is 0 Å². The molecule has 2 heterocycles. The molecule has 0 bridgehead atoms. The van der Waals surface area contributed by atoms with Gasteiger partial charge in [0.1, 0.15) is 11.5 Å². The number of halogens is 2. The topological polar surface area (TPSA) is 59.3 Å². The Balaban J connectivity index is 1.88. The van der Waals surface area contributed by atoms with Crippen LogP contribution in [0.1, 0.15) is 31.3 Å². The highest BCUT2D eigenvalue weighted by Gasteiger charge is 2.20. The summed E-state index contributed by atoms with van der Waals surface area (Å²) in [5.41, 5.74) is 2.91. The molecule has 1 unspecified atom stereocenters. The number of fused-ring (bicyclic) bond motifs is 1. The molecule has 0 saturated heterocycles. The van der Waals surface area contributed by atoms with E-state index < -0.39 is 5.82 Å². The van der Waals surface area contributed by atoms with Gasteiger partial charge in [0.25, 0.3) is 5.91 Å². The molecule has 0 aliphatic rings.